The van der Waals surface area contributed by atoms with E-state index in [0.717, 1.165) is 45.4 Å². The third kappa shape index (κ3) is 4.66. The van der Waals surface area contributed by atoms with Crippen LogP contribution in [0.2, 0.25) is 0 Å². The lowest BCUT2D eigenvalue weighted by atomic mass is 9.83. The molecule has 1 saturated heterocycles. The van der Waals surface area contributed by atoms with Crippen LogP contribution in [0.5, 0.6) is 0 Å². The number of ether oxygens (including phenoxy) is 1. The number of rotatable bonds is 5. The molecule has 2 heterocycles. The number of hydrogen-bond acceptors (Lipinski definition) is 6. The summed E-state index contributed by atoms with van der Waals surface area (Å²) in [6.07, 6.45) is 8.46. The van der Waals surface area contributed by atoms with Crippen LogP contribution in [0, 0.1) is 5.41 Å². The van der Waals surface area contributed by atoms with E-state index in [1.807, 2.05) is 11.8 Å². The third-order valence-electron chi connectivity index (χ3n) is 6.77. The Bertz CT molecular complexity index is 665. The van der Waals surface area contributed by atoms with Crippen molar-refractivity contribution in [2.45, 2.75) is 70.6 Å². The first kappa shape index (κ1) is 19.6. The molecule has 1 aromatic rings. The molecule has 3 aliphatic rings. The van der Waals surface area contributed by atoms with Gasteiger partial charge in [-0.25, -0.2) is 4.79 Å². The molecular weight excluding hydrogens is 358 g/mol. The molecule has 8 heteroatoms. The van der Waals surface area contributed by atoms with Crippen LogP contribution in [0.3, 0.4) is 0 Å². The molecule has 28 heavy (non-hydrogen) atoms. The lowest BCUT2D eigenvalue weighted by molar-refractivity contribution is 0.109. The summed E-state index contributed by atoms with van der Waals surface area (Å²) in [5, 5.41) is 7.27. The molecule has 0 aromatic carbocycles. The van der Waals surface area contributed by atoms with Gasteiger partial charge >= 0.3 is 6.03 Å². The molecule has 2 aliphatic carbocycles. The second-order valence-electron chi connectivity index (χ2n) is 8.76. The van der Waals surface area contributed by atoms with Crippen LogP contribution < -0.4 is 5.32 Å². The maximum Gasteiger partial charge on any atom is 0.317 e. The Labute approximate surface area is 167 Å². The average molecular weight is 392 g/mol. The molecule has 1 spiro atoms. The van der Waals surface area contributed by atoms with E-state index in [4.69, 9.17) is 9.26 Å². The zero-order chi connectivity index (χ0) is 19.6. The third-order valence-corrected chi connectivity index (χ3v) is 6.77. The first-order valence-electron chi connectivity index (χ1n) is 10.7. The van der Waals surface area contributed by atoms with Crippen molar-refractivity contribution in [3.8, 4) is 0 Å². The normalized spacial score (nSPS) is 24.1. The van der Waals surface area contributed by atoms with Crippen molar-refractivity contribution in [3.63, 3.8) is 0 Å². The van der Waals surface area contributed by atoms with Crippen LogP contribution in [0.25, 0.3) is 0 Å². The number of hydrogen-bond donors (Lipinski definition) is 1. The standard InChI is InChI=1S/C20H33N5O3/c1-15(27-2)18-22-17(28-23-18)14-24-10-3-11-25(13-12-24)19(26)21-16-4-6-20(7-5-16)8-9-20/h15-16H,3-14H2,1-2H3,(H,21,26). The van der Waals surface area contributed by atoms with Crippen molar-refractivity contribution < 1.29 is 14.1 Å². The Hall–Kier alpha value is -1.67. The number of nitrogens with zero attached hydrogens (tertiary/aromatic N) is 4. The molecule has 1 atom stereocenters. The molecule has 1 unspecified atom stereocenters. The Morgan fingerprint density at radius 1 is 1.25 bits per heavy atom. The predicted molar refractivity (Wildman–Crippen MR) is 104 cm³/mol. The molecule has 8 nitrogen and oxygen atoms in total. The van der Waals surface area contributed by atoms with Crippen molar-refractivity contribution in [2.24, 2.45) is 5.41 Å². The van der Waals surface area contributed by atoms with Gasteiger partial charge in [0, 0.05) is 39.3 Å². The summed E-state index contributed by atoms with van der Waals surface area (Å²) < 4.78 is 10.6. The van der Waals surface area contributed by atoms with Crippen molar-refractivity contribution in [1.82, 2.24) is 25.3 Å². The Morgan fingerprint density at radius 2 is 2.04 bits per heavy atom. The molecule has 2 saturated carbocycles. The van der Waals surface area contributed by atoms with E-state index in [0.29, 0.717) is 29.7 Å². The number of carbonyl (C=O) groups is 1. The van der Waals surface area contributed by atoms with Gasteiger partial charge in [0.15, 0.2) is 5.82 Å². The number of amides is 2. The second-order valence-corrected chi connectivity index (χ2v) is 8.76. The summed E-state index contributed by atoms with van der Waals surface area (Å²) in [5.41, 5.74) is 0.667. The van der Waals surface area contributed by atoms with Gasteiger partial charge in [0.1, 0.15) is 6.10 Å². The van der Waals surface area contributed by atoms with Gasteiger partial charge in [-0.15, -0.1) is 0 Å². The summed E-state index contributed by atoms with van der Waals surface area (Å²) >= 11 is 0. The zero-order valence-corrected chi connectivity index (χ0v) is 17.2. The summed E-state index contributed by atoms with van der Waals surface area (Å²) in [6.45, 7) is 5.79. The van der Waals surface area contributed by atoms with Crippen molar-refractivity contribution in [3.05, 3.63) is 11.7 Å². The number of methoxy groups -OCH3 is 1. The predicted octanol–water partition coefficient (Wildman–Crippen LogP) is 2.72. The minimum atomic E-state index is -0.171. The quantitative estimate of drug-likeness (QED) is 0.831. The van der Waals surface area contributed by atoms with E-state index in [9.17, 15) is 4.79 Å². The lowest BCUT2D eigenvalue weighted by Gasteiger charge is -2.31. The van der Waals surface area contributed by atoms with Crippen LogP contribution in [0.4, 0.5) is 4.79 Å². The summed E-state index contributed by atoms with van der Waals surface area (Å²) in [6, 6.07) is 0.463. The first-order chi connectivity index (χ1) is 13.6. The van der Waals surface area contributed by atoms with Crippen molar-refractivity contribution in [2.75, 3.05) is 33.3 Å². The highest BCUT2D eigenvalue weighted by Gasteiger charge is 2.45. The van der Waals surface area contributed by atoms with Crippen LogP contribution in [-0.2, 0) is 11.3 Å². The van der Waals surface area contributed by atoms with Crippen molar-refractivity contribution >= 4 is 6.03 Å². The average Bonchev–Trinajstić information content (AvgIpc) is 3.37. The highest BCUT2D eigenvalue weighted by atomic mass is 16.5. The molecule has 1 N–H and O–H groups in total. The number of urea groups is 1. The second kappa shape index (κ2) is 8.37. The van der Waals surface area contributed by atoms with E-state index >= 15 is 0 Å². The SMILES string of the molecule is COC(C)c1noc(CN2CCCN(C(=O)NC3CCC4(CC3)CC4)CC2)n1. The number of aromatic nitrogens is 2. The Morgan fingerprint density at radius 3 is 2.75 bits per heavy atom. The van der Waals surface area contributed by atoms with Crippen molar-refractivity contribution in [1.29, 1.82) is 0 Å². The lowest BCUT2D eigenvalue weighted by Crippen LogP contribution is -2.47. The zero-order valence-electron chi connectivity index (χ0n) is 17.2. The molecule has 4 rings (SSSR count). The highest BCUT2D eigenvalue weighted by molar-refractivity contribution is 5.74. The van der Waals surface area contributed by atoms with Gasteiger partial charge in [-0.3, -0.25) is 4.90 Å². The molecule has 0 radical (unpaired) electrons. The molecule has 1 aliphatic heterocycles. The monoisotopic (exact) mass is 391 g/mol. The maximum absolute atomic E-state index is 12.7. The van der Waals surface area contributed by atoms with E-state index < -0.39 is 0 Å². The van der Waals surface area contributed by atoms with Gasteiger partial charge in [0.2, 0.25) is 5.89 Å². The molecule has 2 amide bonds. The molecule has 1 aromatic heterocycles. The van der Waals surface area contributed by atoms with Gasteiger partial charge in [-0.05, 0) is 57.3 Å². The van der Waals surface area contributed by atoms with Crippen LogP contribution in [-0.4, -0.2) is 65.3 Å². The van der Waals surface area contributed by atoms with E-state index in [1.165, 1.54) is 25.7 Å². The van der Waals surface area contributed by atoms with Gasteiger partial charge in [0.05, 0.1) is 6.54 Å². The minimum Gasteiger partial charge on any atom is -0.374 e. The molecular formula is C20H33N5O3. The fourth-order valence-electron chi connectivity index (χ4n) is 4.44. The molecule has 156 valence electrons. The molecule has 0 bridgehead atoms. The minimum absolute atomic E-state index is 0.104. The first-order valence-corrected chi connectivity index (χ1v) is 10.7. The van der Waals surface area contributed by atoms with Gasteiger partial charge in [-0.2, -0.15) is 4.98 Å². The summed E-state index contributed by atoms with van der Waals surface area (Å²) in [5.74, 6) is 1.18. The van der Waals surface area contributed by atoms with Crippen LogP contribution in [0.15, 0.2) is 4.52 Å². The fraction of sp³-hybridized carbons (Fsp3) is 0.850. The number of carbonyl (C=O) groups excluding carboxylic acids is 1. The number of nitrogens with one attached hydrogen (secondary N) is 1. The van der Waals surface area contributed by atoms with E-state index in [-0.39, 0.29) is 12.1 Å². The topological polar surface area (TPSA) is 83.7 Å². The van der Waals surface area contributed by atoms with E-state index in [2.05, 4.69) is 20.4 Å². The maximum atomic E-state index is 12.7. The summed E-state index contributed by atoms with van der Waals surface area (Å²) in [4.78, 5) is 21.4. The molecule has 3 fully saturated rings. The van der Waals surface area contributed by atoms with Crippen LogP contribution >= 0.6 is 0 Å². The highest BCUT2D eigenvalue weighted by Crippen LogP contribution is 2.56. The summed E-state index contributed by atoms with van der Waals surface area (Å²) in [7, 11) is 1.63. The van der Waals surface area contributed by atoms with Gasteiger partial charge in [-0.1, -0.05) is 5.16 Å². The van der Waals surface area contributed by atoms with Gasteiger partial charge in [0.25, 0.3) is 0 Å². The Balaban J connectivity index is 1.23. The van der Waals surface area contributed by atoms with Gasteiger partial charge < -0.3 is 19.5 Å². The Kier molecular flexibility index (Phi) is 5.87. The van der Waals surface area contributed by atoms with Crippen LogP contribution in [0.1, 0.15) is 69.7 Å². The largest absolute Gasteiger partial charge is 0.374 e. The smallest absolute Gasteiger partial charge is 0.317 e. The van der Waals surface area contributed by atoms with E-state index in [1.54, 1.807) is 7.11 Å². The fourth-order valence-corrected chi connectivity index (χ4v) is 4.44.